The molecule has 0 saturated carbocycles. The van der Waals surface area contributed by atoms with Crippen LogP contribution in [0.1, 0.15) is 29.1 Å². The number of hydrogen-bond acceptors (Lipinski definition) is 6. The number of fused-ring (bicyclic) bond motifs is 1. The lowest BCUT2D eigenvalue weighted by atomic mass is 10.1. The molecule has 1 aliphatic rings. The Morgan fingerprint density at radius 1 is 1.35 bits per heavy atom. The number of amides is 1. The first-order valence-corrected chi connectivity index (χ1v) is 8.60. The van der Waals surface area contributed by atoms with Crippen LogP contribution in [-0.2, 0) is 11.3 Å². The van der Waals surface area contributed by atoms with Crippen LogP contribution in [0.15, 0.2) is 47.2 Å². The highest BCUT2D eigenvalue weighted by Gasteiger charge is 2.18. The van der Waals surface area contributed by atoms with E-state index in [1.165, 1.54) is 0 Å². The van der Waals surface area contributed by atoms with Crippen molar-refractivity contribution in [2.24, 2.45) is 0 Å². The van der Waals surface area contributed by atoms with E-state index in [-0.39, 0.29) is 24.3 Å². The van der Waals surface area contributed by atoms with Gasteiger partial charge >= 0.3 is 0 Å². The van der Waals surface area contributed by atoms with E-state index in [1.807, 2.05) is 24.3 Å². The van der Waals surface area contributed by atoms with Crippen LogP contribution < -0.4 is 10.1 Å². The van der Waals surface area contributed by atoms with E-state index < -0.39 is 0 Å². The van der Waals surface area contributed by atoms with Crippen LogP contribution in [0.2, 0.25) is 0 Å². The number of carbonyl (C=O) groups is 1. The maximum Gasteiger partial charge on any atom is 0.273 e. The number of ether oxygens (including phenoxy) is 2. The van der Waals surface area contributed by atoms with Crippen molar-refractivity contribution in [3.63, 3.8) is 0 Å². The molecule has 1 aliphatic heterocycles. The molecule has 134 valence electrons. The molecule has 3 aromatic rings. The van der Waals surface area contributed by atoms with Crippen molar-refractivity contribution in [2.45, 2.75) is 25.6 Å². The third-order valence-corrected chi connectivity index (χ3v) is 4.32. The fraction of sp³-hybridized carbons (Fsp3) is 0.316. The number of nitrogens with one attached hydrogen (secondary N) is 1. The zero-order chi connectivity index (χ0) is 17.8. The number of rotatable bonds is 6. The molecule has 3 heterocycles. The Morgan fingerprint density at radius 3 is 3.19 bits per heavy atom. The summed E-state index contributed by atoms with van der Waals surface area (Å²) < 4.78 is 16.5. The van der Waals surface area contributed by atoms with E-state index in [1.54, 1.807) is 18.5 Å². The Balaban J connectivity index is 1.36. The van der Waals surface area contributed by atoms with Gasteiger partial charge in [0, 0.05) is 42.4 Å². The van der Waals surface area contributed by atoms with Gasteiger partial charge in [-0.3, -0.25) is 9.78 Å². The summed E-state index contributed by atoms with van der Waals surface area (Å²) in [7, 11) is 0. The number of carbonyl (C=O) groups excluding carboxylic acids is 1. The minimum absolute atomic E-state index is 0.0921. The molecular weight excluding hydrogens is 334 g/mol. The normalized spacial score (nSPS) is 16.7. The molecule has 1 fully saturated rings. The smallest absolute Gasteiger partial charge is 0.273 e. The molecule has 4 rings (SSSR count). The SMILES string of the molecule is O=C(NC[C@H]1CCCO1)c1cc(COc2cccc3cnccc23)on1. The van der Waals surface area contributed by atoms with Crippen LogP contribution in [0.4, 0.5) is 0 Å². The summed E-state index contributed by atoms with van der Waals surface area (Å²) in [6.07, 6.45) is 5.61. The molecule has 0 spiro atoms. The second-order valence-corrected chi connectivity index (χ2v) is 6.17. The van der Waals surface area contributed by atoms with Crippen LogP contribution in [-0.4, -0.2) is 35.3 Å². The van der Waals surface area contributed by atoms with Gasteiger partial charge in [0.1, 0.15) is 12.4 Å². The number of aromatic nitrogens is 2. The predicted octanol–water partition coefficient (Wildman–Crippen LogP) is 2.71. The quantitative estimate of drug-likeness (QED) is 0.733. The monoisotopic (exact) mass is 353 g/mol. The highest BCUT2D eigenvalue weighted by molar-refractivity contribution is 5.92. The fourth-order valence-electron chi connectivity index (χ4n) is 2.96. The van der Waals surface area contributed by atoms with E-state index in [2.05, 4.69) is 15.5 Å². The van der Waals surface area contributed by atoms with E-state index in [4.69, 9.17) is 14.0 Å². The molecular formula is C19H19N3O4. The highest BCUT2D eigenvalue weighted by atomic mass is 16.5. The van der Waals surface area contributed by atoms with Gasteiger partial charge in [0.15, 0.2) is 11.5 Å². The van der Waals surface area contributed by atoms with E-state index >= 15 is 0 Å². The lowest BCUT2D eigenvalue weighted by Crippen LogP contribution is -2.31. The molecule has 2 aromatic heterocycles. The van der Waals surface area contributed by atoms with Crippen LogP contribution in [0.25, 0.3) is 10.8 Å². The molecule has 0 unspecified atom stereocenters. The summed E-state index contributed by atoms with van der Waals surface area (Å²) in [6.45, 7) is 1.44. The maximum absolute atomic E-state index is 12.1. The molecule has 1 N–H and O–H groups in total. The first-order valence-electron chi connectivity index (χ1n) is 8.60. The largest absolute Gasteiger partial charge is 0.485 e. The molecule has 1 aromatic carbocycles. The average Bonchev–Trinajstić information content (AvgIpc) is 3.36. The van der Waals surface area contributed by atoms with Crippen molar-refractivity contribution in [1.29, 1.82) is 0 Å². The van der Waals surface area contributed by atoms with Gasteiger partial charge < -0.3 is 19.3 Å². The predicted molar refractivity (Wildman–Crippen MR) is 93.9 cm³/mol. The molecule has 26 heavy (non-hydrogen) atoms. The molecule has 0 aliphatic carbocycles. The third kappa shape index (κ3) is 3.67. The second-order valence-electron chi connectivity index (χ2n) is 6.17. The Bertz CT molecular complexity index is 897. The fourth-order valence-corrected chi connectivity index (χ4v) is 2.96. The van der Waals surface area contributed by atoms with Crippen LogP contribution >= 0.6 is 0 Å². The van der Waals surface area contributed by atoms with Crippen molar-refractivity contribution >= 4 is 16.7 Å². The minimum atomic E-state index is -0.272. The van der Waals surface area contributed by atoms with Crippen LogP contribution in [0, 0.1) is 0 Å². The van der Waals surface area contributed by atoms with Crippen LogP contribution in [0.3, 0.4) is 0 Å². The Labute approximate surface area is 150 Å². The molecule has 7 heteroatoms. The van der Waals surface area contributed by atoms with Gasteiger partial charge in [-0.25, -0.2) is 0 Å². The zero-order valence-electron chi connectivity index (χ0n) is 14.2. The maximum atomic E-state index is 12.1. The lowest BCUT2D eigenvalue weighted by Gasteiger charge is -2.09. The number of nitrogens with zero attached hydrogens (tertiary/aromatic N) is 2. The van der Waals surface area contributed by atoms with Gasteiger partial charge in [-0.05, 0) is 25.0 Å². The first-order chi connectivity index (χ1) is 12.8. The van der Waals surface area contributed by atoms with Crippen molar-refractivity contribution in [3.05, 3.63) is 54.2 Å². The minimum Gasteiger partial charge on any atom is -0.485 e. The van der Waals surface area contributed by atoms with E-state index in [9.17, 15) is 4.79 Å². The van der Waals surface area contributed by atoms with Crippen LogP contribution in [0.5, 0.6) is 5.75 Å². The van der Waals surface area contributed by atoms with Gasteiger partial charge in [0.05, 0.1) is 6.10 Å². The van der Waals surface area contributed by atoms with Crippen molar-refractivity contribution in [1.82, 2.24) is 15.5 Å². The number of pyridine rings is 1. The van der Waals surface area contributed by atoms with Gasteiger partial charge in [0.2, 0.25) is 0 Å². The molecule has 1 saturated heterocycles. The lowest BCUT2D eigenvalue weighted by molar-refractivity contribution is 0.0850. The first kappa shape index (κ1) is 16.5. The van der Waals surface area contributed by atoms with Gasteiger partial charge in [-0.2, -0.15) is 0 Å². The summed E-state index contributed by atoms with van der Waals surface area (Å²) >= 11 is 0. The Kier molecular flexibility index (Phi) is 4.79. The van der Waals surface area contributed by atoms with E-state index in [0.29, 0.717) is 12.3 Å². The Morgan fingerprint density at radius 2 is 2.31 bits per heavy atom. The third-order valence-electron chi connectivity index (χ3n) is 4.32. The second kappa shape index (κ2) is 7.53. The standard InChI is InChI=1S/C19H19N3O4/c23-19(21-11-14-4-2-8-24-14)17-9-15(26-22-17)12-25-18-5-1-3-13-10-20-7-6-16(13)18/h1,3,5-7,9-10,14H,2,4,8,11-12H2,(H,21,23)/t14-/m1/s1. The number of benzene rings is 1. The zero-order valence-corrected chi connectivity index (χ0v) is 14.2. The summed E-state index contributed by atoms with van der Waals surface area (Å²) in [5, 5.41) is 8.60. The summed E-state index contributed by atoms with van der Waals surface area (Å²) in [5.41, 5.74) is 0.240. The van der Waals surface area contributed by atoms with Crippen molar-refractivity contribution < 1.29 is 18.8 Å². The highest BCUT2D eigenvalue weighted by Crippen LogP contribution is 2.25. The number of hydrogen-bond donors (Lipinski definition) is 1. The molecule has 1 amide bonds. The van der Waals surface area contributed by atoms with Gasteiger partial charge in [-0.15, -0.1) is 0 Å². The van der Waals surface area contributed by atoms with Gasteiger partial charge in [-0.1, -0.05) is 17.3 Å². The van der Waals surface area contributed by atoms with Crippen molar-refractivity contribution in [3.8, 4) is 5.75 Å². The Hall–Kier alpha value is -2.93. The molecule has 0 radical (unpaired) electrons. The topological polar surface area (TPSA) is 86.5 Å². The molecule has 1 atom stereocenters. The summed E-state index contributed by atoms with van der Waals surface area (Å²) in [6, 6.07) is 9.25. The van der Waals surface area contributed by atoms with Gasteiger partial charge in [0.25, 0.3) is 5.91 Å². The average molecular weight is 353 g/mol. The van der Waals surface area contributed by atoms with Crippen molar-refractivity contribution in [2.75, 3.05) is 13.2 Å². The molecule has 7 nitrogen and oxygen atoms in total. The summed E-state index contributed by atoms with van der Waals surface area (Å²) in [5.74, 6) is 0.941. The molecule has 0 bridgehead atoms. The van der Waals surface area contributed by atoms with E-state index in [0.717, 1.165) is 36.0 Å². The summed E-state index contributed by atoms with van der Waals surface area (Å²) in [4.78, 5) is 16.2.